The molecule has 68 heavy (non-hydrogen) atoms. The minimum Gasteiger partial charge on any atom is -0.358 e. The number of unbranched alkanes of at least 4 members (excludes halogenated alkanes) is 1. The quantitative estimate of drug-likeness (QED) is 0.0822. The first-order chi connectivity index (χ1) is 28.5. The molecule has 0 heterocycles. The van der Waals surface area contributed by atoms with Crippen molar-refractivity contribution in [3.8, 4) is 0 Å². The van der Waals surface area contributed by atoms with Crippen molar-refractivity contribution in [3.05, 3.63) is 209 Å². The van der Waals surface area contributed by atoms with Gasteiger partial charge in [-0.25, -0.2) is 11.1 Å². The van der Waals surface area contributed by atoms with E-state index in [1.807, 2.05) is 0 Å². The van der Waals surface area contributed by atoms with E-state index in [9.17, 15) is 0 Å². The normalized spacial score (nSPS) is 18.6. The molecule has 0 saturated heterocycles. The van der Waals surface area contributed by atoms with Gasteiger partial charge in [0.25, 0.3) is 0 Å². The molecule has 4 aromatic carbocycles. The number of aryl methyl sites for hydroxylation is 4. The van der Waals surface area contributed by atoms with E-state index >= 15 is 0 Å². The van der Waals surface area contributed by atoms with Crippen LogP contribution in [0.2, 0.25) is 22.2 Å². The van der Waals surface area contributed by atoms with Gasteiger partial charge in [-0.15, -0.1) is 13.8 Å². The minimum atomic E-state index is -2.23. The summed E-state index contributed by atoms with van der Waals surface area (Å²) in [7, 11) is -4.43. The van der Waals surface area contributed by atoms with Crippen molar-refractivity contribution in [1.29, 1.82) is 0 Å². The molecule has 4 atom stereocenters. The van der Waals surface area contributed by atoms with E-state index in [0.717, 1.165) is 25.7 Å². The van der Waals surface area contributed by atoms with Crippen molar-refractivity contribution in [2.24, 2.45) is 5.92 Å². The fourth-order valence-electron chi connectivity index (χ4n) is 11.1. The molecule has 6 rings (SSSR count). The Morgan fingerprint density at radius 1 is 0.456 bits per heavy atom. The van der Waals surface area contributed by atoms with Crippen LogP contribution in [-0.4, -0.2) is 16.1 Å². The van der Waals surface area contributed by atoms with Crippen molar-refractivity contribution < 1.29 is 43.4 Å². The van der Waals surface area contributed by atoms with Crippen molar-refractivity contribution >= 4 is 36.9 Å². The second kappa shape index (κ2) is 30.6. The molecular weight excluding hydrogens is 921 g/mol. The van der Waals surface area contributed by atoms with Gasteiger partial charge >= 0.3 is 43.4 Å². The van der Waals surface area contributed by atoms with Gasteiger partial charge in [-0.05, 0) is 65.9 Å². The van der Waals surface area contributed by atoms with E-state index in [1.54, 1.807) is 20.7 Å². The number of rotatable bonds is 15. The first kappa shape index (κ1) is 72.2. The van der Waals surface area contributed by atoms with Crippen molar-refractivity contribution in [1.82, 2.24) is 0 Å². The molecule has 0 spiro atoms. The second-order valence-electron chi connectivity index (χ2n) is 19.0. The van der Waals surface area contributed by atoms with E-state index in [-0.39, 0.29) is 98.1 Å². The van der Waals surface area contributed by atoms with Crippen LogP contribution in [0.25, 0.3) is 0 Å². The van der Waals surface area contributed by atoms with Crippen LogP contribution in [0.1, 0.15) is 139 Å². The summed E-state index contributed by atoms with van der Waals surface area (Å²) in [6.07, 6.45) is 15.0. The largest absolute Gasteiger partial charge is 4.00 e. The predicted molar refractivity (Wildman–Crippen MR) is 310 cm³/mol. The molecule has 0 amide bonds. The zero-order chi connectivity index (χ0) is 44.0. The van der Waals surface area contributed by atoms with Crippen LogP contribution in [-0.2, 0) is 69.1 Å². The fourth-order valence-corrected chi connectivity index (χ4v) is 23.8. The molecule has 368 valence electrons. The Bertz CT molecular complexity index is 2200. The molecule has 0 bridgehead atoms. The summed E-state index contributed by atoms with van der Waals surface area (Å²) in [5.41, 5.74) is 14.5. The number of hydrogen-bond donors (Lipinski definition) is 0. The number of benzene rings is 4. The molecule has 0 nitrogen and oxygen atoms in total. The van der Waals surface area contributed by atoms with Gasteiger partial charge in [-0.3, -0.25) is 12.2 Å². The SMILES string of the molecule is CCCC[Si](c1ccccc1)(c1cc(CC)cc(CC)c1)C1(C)[C-]=C(C)C(C)=C1C.CCc1cc(CC)cc([Si](CC(C)C)(c2ccccc2)C2(C)[C-]=C(C)C(C)=C2C)c1.[CH3-].[CH3-].[CH3-].[CH3-].[CH3-].[CH3-].[Ti+4].[Ti+4]. The second-order valence-corrected chi connectivity index (χ2v) is 27.8. The van der Waals surface area contributed by atoms with Gasteiger partial charge in [-0.2, -0.15) is 22.3 Å². The maximum Gasteiger partial charge on any atom is 4.00 e. The zero-order valence-electron chi connectivity index (χ0n) is 47.5. The number of hydrogen-bond acceptors (Lipinski definition) is 0. The topological polar surface area (TPSA) is 0 Å². The van der Waals surface area contributed by atoms with Crippen LogP contribution in [0.3, 0.4) is 0 Å². The summed E-state index contributed by atoms with van der Waals surface area (Å²) in [6, 6.07) is 40.5. The molecule has 0 aliphatic heterocycles. The monoisotopic (exact) mass is 1020 g/mol. The molecule has 0 N–H and O–H groups in total. The van der Waals surface area contributed by atoms with Crippen molar-refractivity contribution in [2.75, 3.05) is 0 Å². The molecule has 4 unspecified atom stereocenters. The Kier molecular flexibility index (Phi) is 32.5. The third-order valence-corrected chi connectivity index (χ3v) is 27.3. The molecule has 2 aliphatic rings. The van der Waals surface area contributed by atoms with Gasteiger partial charge in [0.05, 0.1) is 0 Å². The van der Waals surface area contributed by atoms with Crippen LogP contribution in [0.5, 0.6) is 0 Å². The molecule has 0 aromatic heterocycles. The summed E-state index contributed by atoms with van der Waals surface area (Å²) >= 11 is 0. The Morgan fingerprint density at radius 3 is 1.04 bits per heavy atom. The summed E-state index contributed by atoms with van der Waals surface area (Å²) in [5, 5.41) is 6.25. The van der Waals surface area contributed by atoms with E-state index in [2.05, 4.69) is 213 Å². The van der Waals surface area contributed by atoms with E-state index in [4.69, 9.17) is 0 Å². The Balaban J connectivity index is -0.000000539. The predicted octanol–water partition coefficient (Wildman–Crippen LogP) is 16.6. The van der Waals surface area contributed by atoms with Gasteiger partial charge < -0.3 is 44.6 Å². The Labute approximate surface area is 456 Å². The van der Waals surface area contributed by atoms with Gasteiger partial charge in [0, 0.05) is 0 Å². The molecule has 0 radical (unpaired) electrons. The Morgan fingerprint density at radius 2 is 0.765 bits per heavy atom. The van der Waals surface area contributed by atoms with Gasteiger partial charge in [0.15, 0.2) is 0 Å². The van der Waals surface area contributed by atoms with Gasteiger partial charge in [0.2, 0.25) is 0 Å². The summed E-state index contributed by atoms with van der Waals surface area (Å²) in [5.74, 6) is 0.625. The van der Waals surface area contributed by atoms with Gasteiger partial charge in [-0.1, -0.05) is 231 Å². The van der Waals surface area contributed by atoms with E-state index < -0.39 is 16.1 Å². The van der Waals surface area contributed by atoms with Crippen LogP contribution >= 0.6 is 0 Å². The van der Waals surface area contributed by atoms with Crippen LogP contribution < -0.4 is 20.7 Å². The molecule has 2 aliphatic carbocycles. The molecule has 0 saturated carbocycles. The van der Waals surface area contributed by atoms with Crippen LogP contribution in [0.4, 0.5) is 0 Å². The summed E-state index contributed by atoms with van der Waals surface area (Å²) in [4.78, 5) is 0. The zero-order valence-corrected chi connectivity index (χ0v) is 52.6. The number of allylic oxidation sites excluding steroid dienone is 8. The van der Waals surface area contributed by atoms with Gasteiger partial charge in [0.1, 0.15) is 16.1 Å². The van der Waals surface area contributed by atoms with Crippen LogP contribution in [0.15, 0.2) is 131 Å². The van der Waals surface area contributed by atoms with Crippen LogP contribution in [0, 0.1) is 62.6 Å². The standard InChI is InChI=1S/2C29H39Si.6CH3.2Ti/c1-9-25-16-26(10-2)18-28(17-25)30(20-21(3)4,27-14-12-11-13-15-27)29(8)19-22(5)23(6)24(29)7;1-8-11-17-30(27-15-13-12-14-16-27,29(7)21-22(4)23(5)24(29)6)28-19-25(9-2)18-26(10-3)20-28;;;;;;;;/h11-18,21H,9-10,20H2,1-8H3;12-16,18-20H,8-11,17H2,1-7H3;6*1H3;;/q8*-1;2*+4. The fraction of sp³-hybridized carbons (Fsp3) is 0.406. The van der Waals surface area contributed by atoms with Crippen molar-refractivity contribution in [2.45, 2.75) is 165 Å². The molecule has 4 aromatic rings. The van der Waals surface area contributed by atoms with E-state index in [0.29, 0.717) is 5.92 Å². The summed E-state index contributed by atoms with van der Waals surface area (Å²) < 4.78 is 0. The minimum absolute atomic E-state index is 0. The average Bonchev–Trinajstić information content (AvgIpc) is 3.60. The first-order valence-corrected chi connectivity index (χ1v) is 27.9. The van der Waals surface area contributed by atoms with E-state index in [1.165, 1.54) is 80.6 Å². The molecule has 0 fully saturated rings. The third-order valence-electron chi connectivity index (χ3n) is 15.2. The van der Waals surface area contributed by atoms with Crippen molar-refractivity contribution in [3.63, 3.8) is 0 Å². The smallest absolute Gasteiger partial charge is 0.358 e. The molecular formula is C64H96Si2Ti2. The average molecular weight is 1020 g/mol. The molecule has 4 heteroatoms. The maximum absolute atomic E-state index is 4.06. The Hall–Kier alpha value is -2.30. The summed E-state index contributed by atoms with van der Waals surface area (Å²) in [6.45, 7) is 35.1. The first-order valence-electron chi connectivity index (χ1n) is 23.5. The third kappa shape index (κ3) is 13.6. The maximum atomic E-state index is 4.06.